The minimum Gasteiger partial charge on any atom is -0.392 e. The number of nitrogens with zero attached hydrogens (tertiary/aromatic N) is 3. The number of oxime groups is 1. The third-order valence-electron chi connectivity index (χ3n) is 7.07. The van der Waals surface area contributed by atoms with Crippen molar-refractivity contribution >= 4 is 40.7 Å². The average Bonchev–Trinajstić information content (AvgIpc) is 3.54. The summed E-state index contributed by atoms with van der Waals surface area (Å²) in [6.07, 6.45) is 2.12. The van der Waals surface area contributed by atoms with Crippen LogP contribution in [0.5, 0.6) is 0 Å². The van der Waals surface area contributed by atoms with Crippen molar-refractivity contribution in [3.05, 3.63) is 99.9 Å². The highest BCUT2D eigenvalue weighted by molar-refractivity contribution is 7.17. The van der Waals surface area contributed by atoms with Gasteiger partial charge in [0.2, 0.25) is 0 Å². The number of rotatable bonds is 4. The molecule has 0 radical (unpaired) electrons. The molecule has 0 spiro atoms. The molecule has 1 N–H and O–H groups in total. The molecular formula is C30H25FN4O3S. The highest BCUT2D eigenvalue weighted by atomic mass is 32.1. The van der Waals surface area contributed by atoms with Gasteiger partial charge in [0, 0.05) is 17.0 Å². The van der Waals surface area contributed by atoms with Crippen LogP contribution in [0.25, 0.3) is 10.4 Å². The third-order valence-corrected chi connectivity index (χ3v) is 8.28. The molecule has 0 aliphatic carbocycles. The Hall–Kier alpha value is -4.37. The summed E-state index contributed by atoms with van der Waals surface area (Å²) < 4.78 is 14.3. The smallest absolute Gasteiger partial charge is 0.276 e. The van der Waals surface area contributed by atoms with E-state index >= 15 is 0 Å². The Labute approximate surface area is 228 Å². The van der Waals surface area contributed by atoms with Crippen LogP contribution in [-0.4, -0.2) is 35.7 Å². The van der Waals surface area contributed by atoms with E-state index in [4.69, 9.17) is 4.84 Å². The van der Waals surface area contributed by atoms with Crippen molar-refractivity contribution in [1.29, 1.82) is 0 Å². The number of amides is 2. The fraction of sp³-hybridized carbons (Fsp3) is 0.200. The van der Waals surface area contributed by atoms with Crippen LogP contribution in [0, 0.1) is 12.7 Å². The van der Waals surface area contributed by atoms with E-state index in [0.717, 1.165) is 27.4 Å². The summed E-state index contributed by atoms with van der Waals surface area (Å²) in [6.45, 7) is 4.09. The first kappa shape index (κ1) is 24.9. The molecule has 0 fully saturated rings. The zero-order valence-corrected chi connectivity index (χ0v) is 22.2. The average molecular weight is 541 g/mol. The van der Waals surface area contributed by atoms with Gasteiger partial charge in [-0.15, -0.1) is 11.3 Å². The Morgan fingerprint density at radius 1 is 1.10 bits per heavy atom. The van der Waals surface area contributed by atoms with Gasteiger partial charge in [-0.05, 0) is 61.7 Å². The maximum absolute atomic E-state index is 14.3. The Kier molecular flexibility index (Phi) is 6.44. The fourth-order valence-corrected chi connectivity index (χ4v) is 6.12. The summed E-state index contributed by atoms with van der Waals surface area (Å²) in [5.41, 5.74) is 4.51. The number of anilines is 2. The Morgan fingerprint density at radius 3 is 2.72 bits per heavy atom. The number of carbonyl (C=O) groups excluding carboxylic acids is 2. The Bertz CT molecular complexity index is 1610. The van der Waals surface area contributed by atoms with Crippen LogP contribution in [0.1, 0.15) is 49.8 Å². The van der Waals surface area contributed by atoms with Crippen molar-refractivity contribution in [2.45, 2.75) is 32.3 Å². The fourth-order valence-electron chi connectivity index (χ4n) is 4.98. The quantitative estimate of drug-likeness (QED) is 0.334. The van der Waals surface area contributed by atoms with Gasteiger partial charge in [0.25, 0.3) is 11.8 Å². The van der Waals surface area contributed by atoms with Gasteiger partial charge in [-0.1, -0.05) is 41.6 Å². The summed E-state index contributed by atoms with van der Waals surface area (Å²) in [5, 5.41) is 6.62. The molecular weight excluding hydrogens is 515 g/mol. The maximum Gasteiger partial charge on any atom is 0.276 e. The number of hydrogen-bond acceptors (Lipinski definition) is 6. The highest BCUT2D eigenvalue weighted by Gasteiger charge is 2.30. The lowest BCUT2D eigenvalue weighted by Crippen LogP contribution is -2.33. The van der Waals surface area contributed by atoms with Crippen LogP contribution in [0.15, 0.2) is 71.9 Å². The molecule has 0 saturated carbocycles. The number of aromatic nitrogens is 1. The number of pyridine rings is 1. The molecule has 2 aromatic heterocycles. The standard InChI is InChI=1S/C30H25FN4O3S/c1-17-7-5-9-22(31)27(17)34-29(36)26-15-19-13-14-35(25-12-4-3-8-20(25)28(19)39-26)30(37)24-11-6-10-23(33-24)21-16-32-38-18(21)2/h3-12,15-16,18,21H,13-14H2,1-2H3,(H,34,36). The number of para-hydroxylation sites is 2. The van der Waals surface area contributed by atoms with Crippen LogP contribution in [0.2, 0.25) is 0 Å². The van der Waals surface area contributed by atoms with Crippen LogP contribution < -0.4 is 10.2 Å². The van der Waals surface area contributed by atoms with Crippen LogP contribution in [0.3, 0.4) is 0 Å². The van der Waals surface area contributed by atoms with Gasteiger partial charge in [-0.3, -0.25) is 9.59 Å². The molecule has 2 aromatic carbocycles. The van der Waals surface area contributed by atoms with Crippen LogP contribution in [0.4, 0.5) is 15.8 Å². The van der Waals surface area contributed by atoms with Crippen molar-refractivity contribution in [3.63, 3.8) is 0 Å². The van der Waals surface area contributed by atoms with Gasteiger partial charge in [0.15, 0.2) is 0 Å². The zero-order chi connectivity index (χ0) is 27.1. The summed E-state index contributed by atoms with van der Waals surface area (Å²) in [6, 6.07) is 19.6. The van der Waals surface area contributed by atoms with Gasteiger partial charge < -0.3 is 15.1 Å². The van der Waals surface area contributed by atoms with Crippen molar-refractivity contribution in [1.82, 2.24) is 4.98 Å². The zero-order valence-electron chi connectivity index (χ0n) is 21.3. The number of hydrogen-bond donors (Lipinski definition) is 1. The molecule has 4 heterocycles. The minimum absolute atomic E-state index is 0.112. The Morgan fingerprint density at radius 2 is 1.92 bits per heavy atom. The molecule has 9 heteroatoms. The topological polar surface area (TPSA) is 83.9 Å². The van der Waals surface area contributed by atoms with E-state index in [1.54, 1.807) is 36.2 Å². The largest absolute Gasteiger partial charge is 0.392 e. The first-order valence-electron chi connectivity index (χ1n) is 12.7. The third kappa shape index (κ3) is 4.59. The molecule has 0 bridgehead atoms. The van der Waals surface area contributed by atoms with E-state index in [2.05, 4.69) is 15.5 Å². The number of thiophene rings is 1. The molecule has 0 saturated heterocycles. The van der Waals surface area contributed by atoms with E-state index in [-0.39, 0.29) is 29.5 Å². The lowest BCUT2D eigenvalue weighted by molar-refractivity contribution is 0.0895. The molecule has 196 valence electrons. The first-order valence-corrected chi connectivity index (χ1v) is 13.5. The van der Waals surface area contributed by atoms with Gasteiger partial charge in [0.05, 0.1) is 34.1 Å². The predicted molar refractivity (Wildman–Crippen MR) is 150 cm³/mol. The number of aryl methyl sites for hydroxylation is 1. The molecule has 6 rings (SSSR count). The number of benzene rings is 2. The van der Waals surface area contributed by atoms with E-state index in [1.807, 2.05) is 49.4 Å². The van der Waals surface area contributed by atoms with Crippen molar-refractivity contribution in [2.75, 3.05) is 16.8 Å². The summed E-state index contributed by atoms with van der Waals surface area (Å²) in [5.74, 6) is -1.14. The lowest BCUT2D eigenvalue weighted by Gasteiger charge is -2.23. The summed E-state index contributed by atoms with van der Waals surface area (Å²) >= 11 is 1.34. The molecule has 2 atom stereocenters. The van der Waals surface area contributed by atoms with Gasteiger partial charge >= 0.3 is 0 Å². The molecule has 2 unspecified atom stereocenters. The van der Waals surface area contributed by atoms with E-state index < -0.39 is 5.82 Å². The second-order valence-electron chi connectivity index (χ2n) is 9.61. The summed E-state index contributed by atoms with van der Waals surface area (Å²) in [4.78, 5) is 40.0. The summed E-state index contributed by atoms with van der Waals surface area (Å²) in [7, 11) is 0. The normalized spacial score (nSPS) is 17.7. The van der Waals surface area contributed by atoms with Gasteiger partial charge in [0.1, 0.15) is 17.6 Å². The van der Waals surface area contributed by atoms with Gasteiger partial charge in [-0.2, -0.15) is 0 Å². The molecule has 39 heavy (non-hydrogen) atoms. The van der Waals surface area contributed by atoms with Crippen molar-refractivity contribution in [2.24, 2.45) is 5.16 Å². The number of carbonyl (C=O) groups is 2. The second-order valence-corrected chi connectivity index (χ2v) is 10.7. The van der Waals surface area contributed by atoms with E-state index in [9.17, 15) is 14.0 Å². The minimum atomic E-state index is -0.471. The molecule has 2 aliphatic heterocycles. The number of nitrogens with one attached hydrogen (secondary N) is 1. The first-order chi connectivity index (χ1) is 18.9. The monoisotopic (exact) mass is 540 g/mol. The number of halogens is 1. The van der Waals surface area contributed by atoms with Crippen molar-refractivity contribution in [3.8, 4) is 10.4 Å². The molecule has 2 amide bonds. The SMILES string of the molecule is Cc1cccc(F)c1NC(=O)c1cc2c(s1)-c1ccccc1N(C(=O)c1cccc(C3C=NOC3C)n1)CC2. The van der Waals surface area contributed by atoms with E-state index in [1.165, 1.54) is 17.4 Å². The second kappa shape index (κ2) is 10.1. The van der Waals surface area contributed by atoms with Crippen LogP contribution >= 0.6 is 11.3 Å². The molecule has 2 aliphatic rings. The molecule has 7 nitrogen and oxygen atoms in total. The highest BCUT2D eigenvalue weighted by Crippen LogP contribution is 2.42. The van der Waals surface area contributed by atoms with Crippen molar-refractivity contribution < 1.29 is 18.8 Å². The van der Waals surface area contributed by atoms with E-state index in [0.29, 0.717) is 29.1 Å². The van der Waals surface area contributed by atoms with Crippen LogP contribution in [-0.2, 0) is 11.3 Å². The molecule has 4 aromatic rings. The lowest BCUT2D eigenvalue weighted by atomic mass is 10.0. The number of fused-ring (bicyclic) bond motifs is 3. The Balaban J connectivity index is 1.31. The van der Waals surface area contributed by atoms with Gasteiger partial charge in [-0.25, -0.2) is 9.37 Å². The maximum atomic E-state index is 14.3. The predicted octanol–water partition coefficient (Wildman–Crippen LogP) is 6.20.